The molecule has 0 bridgehead atoms. The summed E-state index contributed by atoms with van der Waals surface area (Å²) in [6.07, 6.45) is -0.311. The molecule has 0 aliphatic carbocycles. The van der Waals surface area contributed by atoms with E-state index in [1.807, 2.05) is 0 Å². The van der Waals surface area contributed by atoms with E-state index in [2.05, 4.69) is 0 Å². The van der Waals surface area contributed by atoms with Crippen LogP contribution >= 0.6 is 0 Å². The number of halogens is 4. The predicted molar refractivity (Wildman–Crippen MR) is 51.1 cm³/mol. The van der Waals surface area contributed by atoms with E-state index >= 15 is 0 Å². The molecule has 0 aliphatic rings. The minimum Gasteiger partial charge on any atom is -0.378 e. The molecule has 0 saturated carbocycles. The van der Waals surface area contributed by atoms with Crippen LogP contribution in [0.15, 0.2) is 6.07 Å². The van der Waals surface area contributed by atoms with Crippen LogP contribution in [0.25, 0.3) is 0 Å². The second-order valence-electron chi connectivity index (χ2n) is 3.62. The summed E-state index contributed by atoms with van der Waals surface area (Å²) >= 11 is 0. The van der Waals surface area contributed by atoms with Gasteiger partial charge in [-0.1, -0.05) is 0 Å². The Bertz CT molecular complexity index is 350. The smallest absolute Gasteiger partial charge is 0.165 e. The second kappa shape index (κ2) is 5.30. The van der Waals surface area contributed by atoms with Crippen LogP contribution in [0, 0.1) is 23.3 Å². The van der Waals surface area contributed by atoms with E-state index in [0.29, 0.717) is 0 Å². The van der Waals surface area contributed by atoms with E-state index in [1.165, 1.54) is 0 Å². The van der Waals surface area contributed by atoms with E-state index in [4.69, 9.17) is 4.74 Å². The molecule has 1 rings (SSSR count). The molecule has 0 heterocycles. The third-order valence-corrected chi connectivity index (χ3v) is 2.01. The fourth-order valence-corrected chi connectivity index (χ4v) is 1.24. The normalized spacial score (nSPS) is 11.2. The Morgan fingerprint density at radius 2 is 1.56 bits per heavy atom. The molecule has 0 aromatic heterocycles. The van der Waals surface area contributed by atoms with E-state index in [9.17, 15) is 17.6 Å². The third-order valence-electron chi connectivity index (χ3n) is 2.01. The van der Waals surface area contributed by atoms with E-state index in [0.717, 1.165) is 0 Å². The van der Waals surface area contributed by atoms with E-state index < -0.39 is 28.8 Å². The lowest BCUT2D eigenvalue weighted by molar-refractivity contribution is 0.0803. The maximum absolute atomic E-state index is 13.1. The van der Waals surface area contributed by atoms with Gasteiger partial charge in [-0.15, -0.1) is 0 Å². The molecular weight excluding hydrogens is 224 g/mol. The lowest BCUT2D eigenvalue weighted by Crippen LogP contribution is -2.10. The average molecular weight is 236 g/mol. The first kappa shape index (κ1) is 13.0. The Morgan fingerprint density at radius 3 is 2.00 bits per heavy atom. The van der Waals surface area contributed by atoms with Gasteiger partial charge in [0.15, 0.2) is 23.3 Å². The van der Waals surface area contributed by atoms with Crippen molar-refractivity contribution in [2.75, 3.05) is 6.61 Å². The van der Waals surface area contributed by atoms with Crippen LogP contribution in [-0.4, -0.2) is 12.7 Å². The minimum atomic E-state index is -1.39. The quantitative estimate of drug-likeness (QED) is 0.576. The summed E-state index contributed by atoms with van der Waals surface area (Å²) in [5, 5.41) is 0. The molecule has 0 aliphatic heterocycles. The number of rotatable bonds is 4. The Balaban J connectivity index is 2.86. The highest BCUT2D eigenvalue weighted by Gasteiger charge is 2.18. The average Bonchev–Trinajstić information content (AvgIpc) is 2.20. The second-order valence-corrected chi connectivity index (χ2v) is 3.62. The highest BCUT2D eigenvalue weighted by Crippen LogP contribution is 2.19. The Labute approximate surface area is 91.0 Å². The van der Waals surface area contributed by atoms with Gasteiger partial charge in [0, 0.05) is 18.1 Å². The van der Waals surface area contributed by atoms with Crippen molar-refractivity contribution in [1.29, 1.82) is 0 Å². The molecule has 0 fully saturated rings. The van der Waals surface area contributed by atoms with Gasteiger partial charge in [0.2, 0.25) is 0 Å². The van der Waals surface area contributed by atoms with Crippen LogP contribution in [0.5, 0.6) is 0 Å². The molecule has 5 heteroatoms. The minimum absolute atomic E-state index is 0.00833. The van der Waals surface area contributed by atoms with Crippen molar-refractivity contribution in [3.8, 4) is 0 Å². The van der Waals surface area contributed by atoms with Crippen LogP contribution in [0.1, 0.15) is 19.4 Å². The molecule has 1 aromatic rings. The Kier molecular flexibility index (Phi) is 4.29. The van der Waals surface area contributed by atoms with Crippen molar-refractivity contribution in [3.63, 3.8) is 0 Å². The molecule has 1 nitrogen and oxygen atoms in total. The SMILES string of the molecule is CC(C)OCCc1c(F)c(F)cc(F)c1F. The molecule has 0 unspecified atom stereocenters. The van der Waals surface area contributed by atoms with Gasteiger partial charge < -0.3 is 4.74 Å². The first-order valence-electron chi connectivity index (χ1n) is 4.87. The number of ether oxygens (including phenoxy) is 1. The molecule has 0 saturated heterocycles. The van der Waals surface area contributed by atoms with Crippen molar-refractivity contribution in [3.05, 3.63) is 34.9 Å². The summed E-state index contributed by atoms with van der Waals surface area (Å²) in [6, 6.07) is 0.192. The zero-order chi connectivity index (χ0) is 12.3. The van der Waals surface area contributed by atoms with Crippen LogP contribution in [0.2, 0.25) is 0 Å². The monoisotopic (exact) mass is 236 g/mol. The van der Waals surface area contributed by atoms with Crippen molar-refractivity contribution >= 4 is 0 Å². The molecule has 90 valence electrons. The standard InChI is InChI=1S/C11H12F4O/c1-6(2)16-4-3-7-10(14)8(12)5-9(13)11(7)15/h5-6H,3-4H2,1-2H3. The van der Waals surface area contributed by atoms with Crippen LogP contribution in [0.3, 0.4) is 0 Å². The molecule has 0 radical (unpaired) electrons. The number of benzene rings is 1. The summed E-state index contributed by atoms with van der Waals surface area (Å²) in [4.78, 5) is 0. The molecule has 0 amide bonds. The predicted octanol–water partition coefficient (Wildman–Crippen LogP) is 3.21. The zero-order valence-electron chi connectivity index (χ0n) is 8.99. The van der Waals surface area contributed by atoms with Crippen molar-refractivity contribution < 1.29 is 22.3 Å². The van der Waals surface area contributed by atoms with E-state index in [-0.39, 0.29) is 25.2 Å². The number of hydrogen-bond acceptors (Lipinski definition) is 1. The van der Waals surface area contributed by atoms with Gasteiger partial charge >= 0.3 is 0 Å². The van der Waals surface area contributed by atoms with Gasteiger partial charge in [-0.3, -0.25) is 0 Å². The van der Waals surface area contributed by atoms with E-state index in [1.54, 1.807) is 13.8 Å². The lowest BCUT2D eigenvalue weighted by atomic mass is 10.1. The fourth-order valence-electron chi connectivity index (χ4n) is 1.24. The van der Waals surface area contributed by atoms with Crippen molar-refractivity contribution in [2.45, 2.75) is 26.4 Å². The number of hydrogen-bond donors (Lipinski definition) is 0. The van der Waals surface area contributed by atoms with Gasteiger partial charge in [0.05, 0.1) is 12.7 Å². The van der Waals surface area contributed by atoms with Gasteiger partial charge in [0.1, 0.15) is 0 Å². The lowest BCUT2D eigenvalue weighted by Gasteiger charge is -2.09. The summed E-state index contributed by atoms with van der Waals surface area (Å²) in [7, 11) is 0. The third kappa shape index (κ3) is 2.95. The zero-order valence-corrected chi connectivity index (χ0v) is 8.99. The molecule has 0 spiro atoms. The molecule has 16 heavy (non-hydrogen) atoms. The summed E-state index contributed by atoms with van der Waals surface area (Å²) in [6.45, 7) is 3.51. The van der Waals surface area contributed by atoms with Gasteiger partial charge in [-0.2, -0.15) is 0 Å². The van der Waals surface area contributed by atoms with Gasteiger partial charge in [-0.05, 0) is 13.8 Å². The highest BCUT2D eigenvalue weighted by molar-refractivity contribution is 5.22. The maximum Gasteiger partial charge on any atom is 0.165 e. The Hall–Kier alpha value is -1.10. The van der Waals surface area contributed by atoms with Crippen molar-refractivity contribution in [2.24, 2.45) is 0 Å². The highest BCUT2D eigenvalue weighted by atomic mass is 19.2. The molecule has 0 N–H and O–H groups in total. The van der Waals surface area contributed by atoms with Crippen LogP contribution in [-0.2, 0) is 11.2 Å². The van der Waals surface area contributed by atoms with Crippen LogP contribution in [0.4, 0.5) is 17.6 Å². The van der Waals surface area contributed by atoms with Crippen LogP contribution < -0.4 is 0 Å². The first-order chi connectivity index (χ1) is 7.43. The fraction of sp³-hybridized carbons (Fsp3) is 0.455. The molecule has 1 aromatic carbocycles. The first-order valence-corrected chi connectivity index (χ1v) is 4.87. The van der Waals surface area contributed by atoms with Crippen molar-refractivity contribution in [1.82, 2.24) is 0 Å². The Morgan fingerprint density at radius 1 is 1.06 bits per heavy atom. The topological polar surface area (TPSA) is 9.23 Å². The van der Waals surface area contributed by atoms with Gasteiger partial charge in [-0.25, -0.2) is 17.6 Å². The van der Waals surface area contributed by atoms with Gasteiger partial charge in [0.25, 0.3) is 0 Å². The largest absolute Gasteiger partial charge is 0.378 e. The summed E-state index contributed by atoms with van der Waals surface area (Å²) in [5.41, 5.74) is -0.613. The maximum atomic E-state index is 13.1. The summed E-state index contributed by atoms with van der Waals surface area (Å²) < 4.78 is 56.9. The summed E-state index contributed by atoms with van der Waals surface area (Å²) in [5.74, 6) is -5.49. The molecule has 0 atom stereocenters. The molecular formula is C11H12F4O.